The maximum absolute atomic E-state index is 8.25. The van der Waals surface area contributed by atoms with Crippen molar-refractivity contribution in [3.05, 3.63) is 6.42 Å². The molecule has 5 heteroatoms. The summed E-state index contributed by atoms with van der Waals surface area (Å²) in [7, 11) is 0. The molecule has 0 unspecified atom stereocenters. The van der Waals surface area contributed by atoms with Gasteiger partial charge in [0.25, 0.3) is 0 Å². The van der Waals surface area contributed by atoms with E-state index in [1.54, 1.807) is 0 Å². The van der Waals surface area contributed by atoms with E-state index in [2.05, 4.69) is 6.42 Å². The molecule has 1 rings (SSSR count). The zero-order chi connectivity index (χ0) is 9.66. The van der Waals surface area contributed by atoms with Crippen LogP contribution in [0.1, 0.15) is 32.1 Å². The zero-order valence-electron chi connectivity index (χ0n) is 7.40. The van der Waals surface area contributed by atoms with Crippen LogP contribution in [-0.2, 0) is 9.59 Å². The van der Waals surface area contributed by atoms with Crippen molar-refractivity contribution in [1.29, 1.82) is 0 Å². The summed E-state index contributed by atoms with van der Waals surface area (Å²) in [6.45, 7) is -1.00. The van der Waals surface area contributed by atoms with Gasteiger partial charge in [0.15, 0.2) is 0 Å². The van der Waals surface area contributed by atoms with Gasteiger partial charge in [0.05, 0.1) is 0 Å². The van der Waals surface area contributed by atoms with E-state index in [-0.39, 0.29) is 41.7 Å². The van der Waals surface area contributed by atoms with Crippen LogP contribution < -0.4 is 10.2 Å². The quantitative estimate of drug-likeness (QED) is 0.419. The number of hydrogen-bond donors (Lipinski definition) is 0. The van der Waals surface area contributed by atoms with Crippen molar-refractivity contribution < 1.29 is 61.5 Å². The Balaban J connectivity index is -0.000000126. The van der Waals surface area contributed by atoms with Crippen LogP contribution in [-0.4, -0.2) is 12.9 Å². The van der Waals surface area contributed by atoms with Gasteiger partial charge in [-0.3, -0.25) is 0 Å². The van der Waals surface area contributed by atoms with Gasteiger partial charge in [0, 0.05) is 12.9 Å². The first-order chi connectivity index (χ1) is 5.83. The van der Waals surface area contributed by atoms with E-state index in [0.29, 0.717) is 0 Å². The number of carbonyl (C=O) groups excluding carboxylic acids is 2. The van der Waals surface area contributed by atoms with Crippen LogP contribution in [0.5, 0.6) is 0 Å². The van der Waals surface area contributed by atoms with E-state index in [1.807, 2.05) is 0 Å². The van der Waals surface area contributed by atoms with Gasteiger partial charge in [-0.25, -0.2) is 0 Å². The molecular formula is C8H13CeO4. The average Bonchev–Trinajstić information content (AvgIpc) is 2.10. The summed E-state index contributed by atoms with van der Waals surface area (Å²) in [5.74, 6) is 0. The summed E-state index contributed by atoms with van der Waals surface area (Å²) >= 11 is 0. The molecule has 0 aromatic rings. The molecule has 1 aliphatic carbocycles. The Morgan fingerprint density at radius 3 is 1.31 bits per heavy atom. The maximum atomic E-state index is 8.25. The van der Waals surface area contributed by atoms with Crippen molar-refractivity contribution in [2.24, 2.45) is 0 Å². The molecule has 0 atom stereocenters. The van der Waals surface area contributed by atoms with Gasteiger partial charge in [-0.05, 0) is 0 Å². The predicted molar refractivity (Wildman–Crippen MR) is 39.5 cm³/mol. The Labute approximate surface area is 112 Å². The summed E-state index contributed by atoms with van der Waals surface area (Å²) in [6, 6.07) is 0. The zero-order valence-corrected chi connectivity index (χ0v) is 10.5. The van der Waals surface area contributed by atoms with Gasteiger partial charge in [-0.2, -0.15) is 12.8 Å². The number of carbonyl (C=O) groups is 2. The minimum absolute atomic E-state index is 0. The third kappa shape index (κ3) is 32.9. The number of hydrogen-bond acceptors (Lipinski definition) is 4. The van der Waals surface area contributed by atoms with Crippen LogP contribution in [0.15, 0.2) is 0 Å². The molecule has 4 nitrogen and oxygen atoms in total. The normalized spacial score (nSPS) is 12.9. The monoisotopic (exact) mass is 313 g/mol. The molecule has 0 spiro atoms. The van der Waals surface area contributed by atoms with Gasteiger partial charge < -0.3 is 26.2 Å². The van der Waals surface area contributed by atoms with Crippen LogP contribution in [0.2, 0.25) is 0 Å². The number of carboxylic acid groups (broad SMARTS) is 2. The Bertz CT molecular complexity index is 76.6. The fraction of sp³-hybridized carbons (Fsp3) is 0.625. The molecule has 0 aromatic carbocycles. The molecule has 0 amide bonds. The van der Waals surface area contributed by atoms with E-state index >= 15 is 0 Å². The Kier molecular flexibility index (Phi) is 33.3. The van der Waals surface area contributed by atoms with Crippen LogP contribution >= 0.6 is 0 Å². The molecule has 0 N–H and O–H groups in total. The van der Waals surface area contributed by atoms with Gasteiger partial charge in [-0.1, -0.05) is 19.3 Å². The molecular weight excluding hydrogens is 300 g/mol. The van der Waals surface area contributed by atoms with Crippen LogP contribution in [0.3, 0.4) is 0 Å². The van der Waals surface area contributed by atoms with Crippen molar-refractivity contribution in [2.75, 3.05) is 0 Å². The summed E-state index contributed by atoms with van der Waals surface area (Å²) < 4.78 is 0. The van der Waals surface area contributed by atoms with Crippen molar-refractivity contribution in [2.45, 2.75) is 32.1 Å². The second-order valence-corrected chi connectivity index (χ2v) is 2.12. The minimum atomic E-state index is -0.500. The van der Waals surface area contributed by atoms with Gasteiger partial charge in [0.2, 0.25) is 0 Å². The van der Waals surface area contributed by atoms with Crippen molar-refractivity contribution in [1.82, 2.24) is 0 Å². The molecule has 0 aromatic heterocycles. The van der Waals surface area contributed by atoms with E-state index in [0.717, 1.165) is 0 Å². The molecule has 73 valence electrons. The minimum Gasteiger partial charge on any atom is -0.554 e. The average molecular weight is 313 g/mol. The van der Waals surface area contributed by atoms with Crippen molar-refractivity contribution in [3.8, 4) is 0 Å². The molecule has 1 fully saturated rings. The van der Waals surface area contributed by atoms with Crippen molar-refractivity contribution in [3.63, 3.8) is 0 Å². The summed E-state index contributed by atoms with van der Waals surface area (Å²) in [5.41, 5.74) is 0. The third-order valence-corrected chi connectivity index (χ3v) is 1.32. The van der Waals surface area contributed by atoms with Crippen LogP contribution in [0.4, 0.5) is 0 Å². The van der Waals surface area contributed by atoms with Crippen LogP contribution in [0.25, 0.3) is 0 Å². The third-order valence-electron chi connectivity index (χ3n) is 1.32. The van der Waals surface area contributed by atoms with E-state index < -0.39 is 12.9 Å². The topological polar surface area (TPSA) is 80.3 Å². The summed E-state index contributed by atoms with van der Waals surface area (Å²) in [6.07, 6.45) is 9.50. The Hall–Kier alpha value is 0.317. The molecule has 0 heterocycles. The molecule has 1 radical (unpaired) electrons. The summed E-state index contributed by atoms with van der Waals surface area (Å²) in [4.78, 5) is 16.5. The largest absolute Gasteiger partial charge is 3.00 e. The fourth-order valence-corrected chi connectivity index (χ4v) is 0.898. The second kappa shape index (κ2) is 22.8. The molecule has 13 heavy (non-hydrogen) atoms. The first kappa shape index (κ1) is 19.0. The first-order valence-electron chi connectivity index (χ1n) is 3.76. The molecule has 0 aliphatic heterocycles. The van der Waals surface area contributed by atoms with E-state index in [9.17, 15) is 0 Å². The van der Waals surface area contributed by atoms with Gasteiger partial charge >= 0.3 is 41.7 Å². The van der Waals surface area contributed by atoms with E-state index in [4.69, 9.17) is 19.8 Å². The summed E-state index contributed by atoms with van der Waals surface area (Å²) in [5, 5.41) is 16.5. The standard InChI is InChI=1S/C6H11.2CH2O2.Ce/c1-2-4-6-5-3-1;2*2-1-3;/h1H,2-6H2;2*1H,(H,2,3);/q-1;;;+3/p-2. The fourth-order valence-electron chi connectivity index (χ4n) is 0.898. The van der Waals surface area contributed by atoms with Crippen molar-refractivity contribution >= 4 is 12.9 Å². The molecule has 0 bridgehead atoms. The Morgan fingerprint density at radius 1 is 0.923 bits per heavy atom. The predicted octanol–water partition coefficient (Wildman–Crippen LogP) is -1.11. The van der Waals surface area contributed by atoms with Crippen LogP contribution in [0, 0.1) is 48.2 Å². The first-order valence-corrected chi connectivity index (χ1v) is 3.76. The number of rotatable bonds is 0. The maximum Gasteiger partial charge on any atom is 3.00 e. The van der Waals surface area contributed by atoms with E-state index in [1.165, 1.54) is 32.1 Å². The van der Waals surface area contributed by atoms with Gasteiger partial charge in [0.1, 0.15) is 0 Å². The Morgan fingerprint density at radius 2 is 1.23 bits per heavy atom. The molecule has 0 saturated heterocycles. The van der Waals surface area contributed by atoms with Gasteiger partial charge in [-0.15, -0.1) is 0 Å². The molecule has 1 aliphatic rings. The molecule has 1 saturated carbocycles. The second-order valence-electron chi connectivity index (χ2n) is 2.12. The SMILES string of the molecule is O=C[O-].O=C[O-].[CH-]1CCCCC1.[Ce+3]. The smallest absolute Gasteiger partial charge is 0.554 e.